The molecule has 2 aliphatic rings. The second-order valence-corrected chi connectivity index (χ2v) is 10.3. The zero-order chi connectivity index (χ0) is 26.2. The Hall–Kier alpha value is -3.19. The summed E-state index contributed by atoms with van der Waals surface area (Å²) in [5, 5.41) is 9.23. The first-order chi connectivity index (χ1) is 18.0. The molecule has 7 nitrogen and oxygen atoms in total. The minimum atomic E-state index is -0.601. The molecule has 2 aromatic carbocycles. The predicted octanol–water partition coefficient (Wildman–Crippen LogP) is 3.56. The van der Waals surface area contributed by atoms with E-state index in [0.29, 0.717) is 13.0 Å². The van der Waals surface area contributed by atoms with Crippen LogP contribution in [0.2, 0.25) is 0 Å². The lowest BCUT2D eigenvalue weighted by atomic mass is 9.83. The van der Waals surface area contributed by atoms with E-state index < -0.39 is 18.1 Å². The van der Waals surface area contributed by atoms with Crippen molar-refractivity contribution in [1.82, 2.24) is 20.9 Å². The number of carbonyl (C=O) groups is 3. The average molecular weight is 505 g/mol. The normalized spacial score (nSPS) is 19.9. The van der Waals surface area contributed by atoms with E-state index in [9.17, 15) is 14.4 Å². The van der Waals surface area contributed by atoms with Crippen LogP contribution in [0.1, 0.15) is 69.0 Å². The van der Waals surface area contributed by atoms with Crippen molar-refractivity contribution >= 4 is 17.7 Å². The fourth-order valence-corrected chi connectivity index (χ4v) is 5.63. The van der Waals surface area contributed by atoms with Crippen LogP contribution in [0.25, 0.3) is 0 Å². The van der Waals surface area contributed by atoms with Gasteiger partial charge in [0.05, 0.1) is 12.1 Å². The summed E-state index contributed by atoms with van der Waals surface area (Å²) in [7, 11) is 1.73. The zero-order valence-corrected chi connectivity index (χ0v) is 22.0. The number of likely N-dealkylation sites (N-methyl/N-ethyl adjacent to an activating group) is 1. The average Bonchev–Trinajstić information content (AvgIpc) is 3.45. The molecule has 1 saturated carbocycles. The third kappa shape index (κ3) is 6.58. The van der Waals surface area contributed by atoms with E-state index in [1.54, 1.807) is 18.9 Å². The fraction of sp³-hybridized carbons (Fsp3) is 0.500. The van der Waals surface area contributed by atoms with Gasteiger partial charge in [0, 0.05) is 6.54 Å². The van der Waals surface area contributed by atoms with E-state index in [1.165, 1.54) is 0 Å². The van der Waals surface area contributed by atoms with Crippen molar-refractivity contribution in [1.29, 1.82) is 0 Å². The van der Waals surface area contributed by atoms with E-state index >= 15 is 0 Å². The van der Waals surface area contributed by atoms with Gasteiger partial charge in [-0.05, 0) is 56.7 Å². The third-order valence-corrected chi connectivity index (χ3v) is 7.90. The van der Waals surface area contributed by atoms with E-state index in [2.05, 4.69) is 16.0 Å². The molecule has 3 N–H and O–H groups in total. The van der Waals surface area contributed by atoms with Gasteiger partial charge in [-0.25, -0.2) is 0 Å². The molecule has 2 aromatic rings. The fourth-order valence-electron chi connectivity index (χ4n) is 5.63. The molecular weight excluding hydrogens is 464 g/mol. The van der Waals surface area contributed by atoms with Crippen molar-refractivity contribution in [3.8, 4) is 0 Å². The second kappa shape index (κ2) is 12.9. The number of amides is 3. The molecule has 3 amide bonds. The summed E-state index contributed by atoms with van der Waals surface area (Å²) < 4.78 is 0. The first-order valence-electron chi connectivity index (χ1n) is 13.7. The molecule has 1 aliphatic heterocycles. The highest BCUT2D eigenvalue weighted by atomic mass is 16.2. The molecule has 0 bridgehead atoms. The van der Waals surface area contributed by atoms with Crippen molar-refractivity contribution < 1.29 is 14.4 Å². The Bertz CT molecular complexity index is 1000. The maximum atomic E-state index is 13.9. The Morgan fingerprint density at radius 3 is 1.97 bits per heavy atom. The van der Waals surface area contributed by atoms with Crippen LogP contribution in [0.5, 0.6) is 0 Å². The van der Waals surface area contributed by atoms with Gasteiger partial charge in [-0.15, -0.1) is 0 Å². The van der Waals surface area contributed by atoms with Gasteiger partial charge in [-0.3, -0.25) is 14.4 Å². The molecule has 0 aromatic heterocycles. The summed E-state index contributed by atoms with van der Waals surface area (Å²) in [5.74, 6) is -0.363. The maximum Gasteiger partial charge on any atom is 0.246 e. The van der Waals surface area contributed by atoms with Gasteiger partial charge in [0.15, 0.2) is 0 Å². The zero-order valence-electron chi connectivity index (χ0n) is 22.0. The quantitative estimate of drug-likeness (QED) is 0.487. The largest absolute Gasteiger partial charge is 0.343 e. The van der Waals surface area contributed by atoms with Gasteiger partial charge in [0.1, 0.15) is 12.1 Å². The van der Waals surface area contributed by atoms with E-state index in [1.807, 2.05) is 60.7 Å². The van der Waals surface area contributed by atoms with E-state index in [0.717, 1.165) is 49.7 Å². The lowest BCUT2D eigenvalue weighted by Gasteiger charge is -2.35. The SMILES string of the molecule is CN[C@@H](C)C(=O)N[C@H](C(=O)N1CCC[C@H]1C(=O)NC(c1ccccc1)c1ccccc1)C1CCCCC1. The molecule has 1 saturated heterocycles. The smallest absolute Gasteiger partial charge is 0.246 e. The molecule has 1 aliphatic carbocycles. The summed E-state index contributed by atoms with van der Waals surface area (Å²) in [6.07, 6.45) is 6.50. The van der Waals surface area contributed by atoms with Crippen LogP contribution in [-0.2, 0) is 14.4 Å². The van der Waals surface area contributed by atoms with Crippen LogP contribution in [0.15, 0.2) is 60.7 Å². The summed E-state index contributed by atoms with van der Waals surface area (Å²) in [5.41, 5.74) is 1.98. The number of hydrogen-bond acceptors (Lipinski definition) is 4. The van der Waals surface area contributed by atoms with Crippen LogP contribution in [0.3, 0.4) is 0 Å². The van der Waals surface area contributed by atoms with Crippen LogP contribution in [-0.4, -0.2) is 54.3 Å². The Kier molecular flexibility index (Phi) is 9.34. The van der Waals surface area contributed by atoms with Crippen LogP contribution in [0, 0.1) is 5.92 Å². The Morgan fingerprint density at radius 2 is 1.41 bits per heavy atom. The van der Waals surface area contributed by atoms with Crippen LogP contribution in [0.4, 0.5) is 0 Å². The van der Waals surface area contributed by atoms with Crippen molar-refractivity contribution in [2.24, 2.45) is 5.92 Å². The van der Waals surface area contributed by atoms with Gasteiger partial charge in [-0.1, -0.05) is 79.9 Å². The number of benzene rings is 2. The topological polar surface area (TPSA) is 90.5 Å². The summed E-state index contributed by atoms with van der Waals surface area (Å²) in [6.45, 7) is 2.32. The highest BCUT2D eigenvalue weighted by molar-refractivity contribution is 5.93. The highest BCUT2D eigenvalue weighted by Gasteiger charge is 2.41. The standard InChI is InChI=1S/C30H40N4O3/c1-21(31-2)28(35)33-27(24-17-10-5-11-18-24)30(37)34-20-12-19-25(34)29(36)32-26(22-13-6-3-7-14-22)23-15-8-4-9-16-23/h3-4,6-9,13-16,21,24-27,31H,5,10-12,17-20H2,1-2H3,(H,32,36)(H,33,35)/t21-,25-,27-/m0/s1. The van der Waals surface area contributed by atoms with Gasteiger partial charge in [0.25, 0.3) is 0 Å². The molecule has 37 heavy (non-hydrogen) atoms. The monoisotopic (exact) mass is 504 g/mol. The van der Waals surface area contributed by atoms with Crippen LogP contribution >= 0.6 is 0 Å². The molecule has 0 radical (unpaired) electrons. The number of likely N-dealkylation sites (tertiary alicyclic amines) is 1. The van der Waals surface area contributed by atoms with Crippen molar-refractivity contribution in [3.63, 3.8) is 0 Å². The number of rotatable bonds is 9. The minimum Gasteiger partial charge on any atom is -0.343 e. The van der Waals surface area contributed by atoms with Crippen molar-refractivity contribution in [2.45, 2.75) is 76.0 Å². The molecule has 4 rings (SSSR count). The lowest BCUT2D eigenvalue weighted by Crippen LogP contribution is -2.58. The second-order valence-electron chi connectivity index (χ2n) is 10.3. The first-order valence-corrected chi connectivity index (χ1v) is 13.7. The number of hydrogen-bond donors (Lipinski definition) is 3. The molecule has 1 heterocycles. The highest BCUT2D eigenvalue weighted by Crippen LogP contribution is 2.30. The van der Waals surface area contributed by atoms with Crippen LogP contribution < -0.4 is 16.0 Å². The first kappa shape index (κ1) is 26.9. The minimum absolute atomic E-state index is 0.0972. The summed E-state index contributed by atoms with van der Waals surface area (Å²) in [6, 6.07) is 18.0. The molecule has 0 unspecified atom stereocenters. The maximum absolute atomic E-state index is 13.9. The van der Waals surface area contributed by atoms with Crippen molar-refractivity contribution in [2.75, 3.05) is 13.6 Å². The number of nitrogens with one attached hydrogen (secondary N) is 3. The Balaban J connectivity index is 1.54. The third-order valence-electron chi connectivity index (χ3n) is 7.90. The van der Waals surface area contributed by atoms with Gasteiger partial charge in [0.2, 0.25) is 17.7 Å². The van der Waals surface area contributed by atoms with Crippen molar-refractivity contribution in [3.05, 3.63) is 71.8 Å². The van der Waals surface area contributed by atoms with E-state index in [4.69, 9.17) is 0 Å². The molecular formula is C30H40N4O3. The molecule has 0 spiro atoms. The summed E-state index contributed by atoms with van der Waals surface area (Å²) >= 11 is 0. The molecule has 7 heteroatoms. The Labute approximate surface area is 220 Å². The number of carbonyl (C=O) groups excluding carboxylic acids is 3. The van der Waals surface area contributed by atoms with Gasteiger partial charge >= 0.3 is 0 Å². The van der Waals surface area contributed by atoms with Gasteiger partial charge in [-0.2, -0.15) is 0 Å². The Morgan fingerprint density at radius 1 is 0.811 bits per heavy atom. The number of nitrogens with zero attached hydrogens (tertiary/aromatic N) is 1. The predicted molar refractivity (Wildman–Crippen MR) is 145 cm³/mol. The molecule has 3 atom stereocenters. The molecule has 2 fully saturated rings. The lowest BCUT2D eigenvalue weighted by molar-refractivity contribution is -0.143. The van der Waals surface area contributed by atoms with Gasteiger partial charge < -0.3 is 20.9 Å². The molecule has 198 valence electrons. The van der Waals surface area contributed by atoms with E-state index in [-0.39, 0.29) is 29.7 Å². The summed E-state index contributed by atoms with van der Waals surface area (Å²) in [4.78, 5) is 42.1.